The fraction of sp³-hybridized carbons (Fsp3) is 0.294. The SMILES string of the molecule is CC1CS(=O)(=O)N(c2cc(C(=O)NCCc3cccs3)ccc2Cl)C1=O. The van der Waals surface area contributed by atoms with Crippen molar-refractivity contribution in [1.82, 2.24) is 5.32 Å². The van der Waals surface area contributed by atoms with Crippen LogP contribution in [-0.2, 0) is 21.2 Å². The number of sulfonamides is 1. The summed E-state index contributed by atoms with van der Waals surface area (Å²) in [5.41, 5.74) is 0.269. The highest BCUT2D eigenvalue weighted by molar-refractivity contribution is 7.94. The molecule has 1 fully saturated rings. The Labute approximate surface area is 160 Å². The minimum Gasteiger partial charge on any atom is -0.352 e. The van der Waals surface area contributed by atoms with E-state index in [2.05, 4.69) is 5.32 Å². The smallest absolute Gasteiger partial charge is 0.251 e. The van der Waals surface area contributed by atoms with Crippen LogP contribution in [0.15, 0.2) is 35.7 Å². The van der Waals surface area contributed by atoms with E-state index in [0.29, 0.717) is 17.3 Å². The topological polar surface area (TPSA) is 83.6 Å². The molecule has 1 N–H and O–H groups in total. The van der Waals surface area contributed by atoms with Crippen LogP contribution in [0.25, 0.3) is 0 Å². The van der Waals surface area contributed by atoms with Crippen LogP contribution in [0.2, 0.25) is 5.02 Å². The lowest BCUT2D eigenvalue weighted by atomic mass is 10.1. The number of rotatable bonds is 5. The Bertz CT molecular complexity index is 942. The van der Waals surface area contributed by atoms with Gasteiger partial charge in [-0.1, -0.05) is 24.6 Å². The van der Waals surface area contributed by atoms with Crippen molar-refractivity contribution in [2.45, 2.75) is 13.3 Å². The second-order valence-corrected chi connectivity index (χ2v) is 9.34. The second kappa shape index (κ2) is 7.38. The minimum absolute atomic E-state index is 0.0203. The van der Waals surface area contributed by atoms with Gasteiger partial charge in [-0.15, -0.1) is 11.3 Å². The Morgan fingerprint density at radius 2 is 2.15 bits per heavy atom. The molecule has 1 aromatic carbocycles. The van der Waals surface area contributed by atoms with Crippen LogP contribution in [0, 0.1) is 5.92 Å². The number of thiophene rings is 1. The fourth-order valence-corrected chi connectivity index (χ4v) is 5.52. The molecule has 2 heterocycles. The maximum atomic E-state index is 12.4. The predicted octanol–water partition coefficient (Wildman–Crippen LogP) is 2.69. The lowest BCUT2D eigenvalue weighted by molar-refractivity contribution is -0.119. The molecule has 1 aliphatic heterocycles. The van der Waals surface area contributed by atoms with Gasteiger partial charge in [0, 0.05) is 17.0 Å². The summed E-state index contributed by atoms with van der Waals surface area (Å²) in [6, 6.07) is 8.21. The van der Waals surface area contributed by atoms with E-state index in [1.54, 1.807) is 18.3 Å². The molecule has 1 unspecified atom stereocenters. The minimum atomic E-state index is -3.78. The molecule has 26 heavy (non-hydrogen) atoms. The Balaban J connectivity index is 1.79. The van der Waals surface area contributed by atoms with E-state index in [4.69, 9.17) is 11.6 Å². The summed E-state index contributed by atoms with van der Waals surface area (Å²) in [6.45, 7) is 2.00. The van der Waals surface area contributed by atoms with Crippen molar-refractivity contribution in [1.29, 1.82) is 0 Å². The highest BCUT2D eigenvalue weighted by atomic mass is 35.5. The third kappa shape index (κ3) is 3.77. The van der Waals surface area contributed by atoms with Crippen LogP contribution in [-0.4, -0.2) is 32.5 Å². The molecule has 0 spiro atoms. The van der Waals surface area contributed by atoms with Crippen molar-refractivity contribution in [3.63, 3.8) is 0 Å². The van der Waals surface area contributed by atoms with E-state index in [1.165, 1.54) is 18.2 Å². The molecule has 6 nitrogen and oxygen atoms in total. The van der Waals surface area contributed by atoms with Crippen LogP contribution >= 0.6 is 22.9 Å². The third-order valence-electron chi connectivity index (χ3n) is 4.02. The number of anilines is 1. The molecule has 2 amide bonds. The Hall–Kier alpha value is -1.90. The zero-order valence-corrected chi connectivity index (χ0v) is 16.3. The quantitative estimate of drug-likeness (QED) is 0.818. The summed E-state index contributed by atoms with van der Waals surface area (Å²) < 4.78 is 25.2. The van der Waals surface area contributed by atoms with Crippen molar-refractivity contribution in [2.24, 2.45) is 5.92 Å². The average Bonchev–Trinajstić information content (AvgIpc) is 3.15. The molecule has 1 saturated heterocycles. The monoisotopic (exact) mass is 412 g/mol. The fourth-order valence-electron chi connectivity index (χ4n) is 2.73. The van der Waals surface area contributed by atoms with Crippen molar-refractivity contribution in [2.75, 3.05) is 16.6 Å². The number of hydrogen-bond acceptors (Lipinski definition) is 5. The molecule has 3 rings (SSSR count). The van der Waals surface area contributed by atoms with E-state index < -0.39 is 21.8 Å². The molecule has 1 atom stereocenters. The Morgan fingerprint density at radius 1 is 1.38 bits per heavy atom. The molecule has 1 aliphatic rings. The first kappa shape index (κ1) is 18.9. The first-order valence-corrected chi connectivity index (χ1v) is 10.8. The standard InChI is InChI=1S/C17H17ClN2O4S2/c1-11-10-26(23,24)20(17(11)22)15-9-12(4-5-14(15)18)16(21)19-7-6-13-3-2-8-25-13/h2-5,8-9,11H,6-7,10H2,1H3,(H,19,21). The Kier molecular flexibility index (Phi) is 5.36. The van der Waals surface area contributed by atoms with Gasteiger partial charge in [0.05, 0.1) is 22.4 Å². The number of carbonyl (C=O) groups is 2. The maximum absolute atomic E-state index is 12.4. The molecule has 9 heteroatoms. The summed E-state index contributed by atoms with van der Waals surface area (Å²) in [7, 11) is -3.78. The van der Waals surface area contributed by atoms with Gasteiger partial charge in [0.2, 0.25) is 15.9 Å². The molecule has 0 radical (unpaired) electrons. The van der Waals surface area contributed by atoms with Crippen molar-refractivity contribution >= 4 is 50.5 Å². The zero-order chi connectivity index (χ0) is 18.9. The molecule has 138 valence electrons. The van der Waals surface area contributed by atoms with Gasteiger partial charge in [-0.25, -0.2) is 12.7 Å². The van der Waals surface area contributed by atoms with Crippen molar-refractivity contribution in [3.8, 4) is 0 Å². The summed E-state index contributed by atoms with van der Waals surface area (Å²) >= 11 is 7.72. The number of halogens is 1. The van der Waals surface area contributed by atoms with Gasteiger partial charge in [-0.05, 0) is 36.1 Å². The molecule has 1 aromatic heterocycles. The van der Waals surface area contributed by atoms with Gasteiger partial charge in [0.25, 0.3) is 5.91 Å². The second-order valence-electron chi connectivity index (χ2n) is 6.03. The number of carbonyl (C=O) groups excluding carboxylic acids is 2. The summed E-state index contributed by atoms with van der Waals surface area (Å²) in [5.74, 6) is -1.79. The van der Waals surface area contributed by atoms with E-state index in [-0.39, 0.29) is 27.9 Å². The Morgan fingerprint density at radius 3 is 2.77 bits per heavy atom. The number of nitrogens with one attached hydrogen (secondary N) is 1. The lowest BCUT2D eigenvalue weighted by Crippen LogP contribution is -2.31. The van der Waals surface area contributed by atoms with Crippen LogP contribution in [0.3, 0.4) is 0 Å². The average molecular weight is 413 g/mol. The number of amides is 2. The van der Waals surface area contributed by atoms with Crippen molar-refractivity contribution < 1.29 is 18.0 Å². The van der Waals surface area contributed by atoms with Gasteiger partial charge in [0.1, 0.15) is 0 Å². The highest BCUT2D eigenvalue weighted by Gasteiger charge is 2.42. The zero-order valence-electron chi connectivity index (χ0n) is 13.9. The first-order valence-electron chi connectivity index (χ1n) is 7.96. The van der Waals surface area contributed by atoms with E-state index in [9.17, 15) is 18.0 Å². The summed E-state index contributed by atoms with van der Waals surface area (Å²) in [6.07, 6.45) is 0.709. The number of nitrogens with zero attached hydrogens (tertiary/aromatic N) is 1. The summed E-state index contributed by atoms with van der Waals surface area (Å²) in [5, 5.41) is 4.86. The van der Waals surface area contributed by atoms with E-state index in [1.807, 2.05) is 17.5 Å². The van der Waals surface area contributed by atoms with Crippen LogP contribution in [0.5, 0.6) is 0 Å². The third-order valence-corrected chi connectivity index (χ3v) is 7.13. The molecule has 0 saturated carbocycles. The van der Waals surface area contributed by atoms with Gasteiger partial charge in [-0.2, -0.15) is 0 Å². The maximum Gasteiger partial charge on any atom is 0.251 e. The van der Waals surface area contributed by atoms with Gasteiger partial charge < -0.3 is 5.32 Å². The molecule has 0 bridgehead atoms. The normalized spacial score (nSPS) is 18.9. The highest BCUT2D eigenvalue weighted by Crippen LogP contribution is 2.34. The van der Waals surface area contributed by atoms with Crippen LogP contribution in [0.1, 0.15) is 22.2 Å². The van der Waals surface area contributed by atoms with Crippen LogP contribution in [0.4, 0.5) is 5.69 Å². The predicted molar refractivity (Wildman–Crippen MR) is 102 cm³/mol. The molecular formula is C17H17ClN2O4S2. The number of benzene rings is 1. The largest absolute Gasteiger partial charge is 0.352 e. The molecular weight excluding hydrogens is 396 g/mol. The van der Waals surface area contributed by atoms with Gasteiger partial charge in [0.15, 0.2) is 0 Å². The number of hydrogen-bond donors (Lipinski definition) is 1. The first-order chi connectivity index (χ1) is 12.3. The molecule has 2 aromatic rings. The lowest BCUT2D eigenvalue weighted by Gasteiger charge is -2.17. The van der Waals surface area contributed by atoms with Crippen molar-refractivity contribution in [3.05, 3.63) is 51.2 Å². The van der Waals surface area contributed by atoms with E-state index in [0.717, 1.165) is 4.88 Å². The van der Waals surface area contributed by atoms with Gasteiger partial charge in [-0.3, -0.25) is 9.59 Å². The van der Waals surface area contributed by atoms with Gasteiger partial charge >= 0.3 is 0 Å². The molecule has 0 aliphatic carbocycles. The summed E-state index contributed by atoms with van der Waals surface area (Å²) in [4.78, 5) is 25.8. The van der Waals surface area contributed by atoms with Crippen LogP contribution < -0.4 is 9.62 Å². The van der Waals surface area contributed by atoms with E-state index >= 15 is 0 Å².